The molecule has 1 aromatic carbocycles. The highest BCUT2D eigenvalue weighted by atomic mass is 79.9. The van der Waals surface area contributed by atoms with Crippen molar-refractivity contribution in [1.29, 1.82) is 0 Å². The average Bonchev–Trinajstić information content (AvgIpc) is 2.35. The molecule has 94 valence electrons. The third-order valence-electron chi connectivity index (χ3n) is 3.07. The maximum absolute atomic E-state index is 5.68. The number of ether oxygens (including phenoxy) is 1. The van der Waals surface area contributed by atoms with E-state index in [1.54, 1.807) is 0 Å². The SMILES string of the molecule is CSC(C)CNC1CCOc2ccc(Br)cc21. The summed E-state index contributed by atoms with van der Waals surface area (Å²) >= 11 is 5.42. The van der Waals surface area contributed by atoms with Crippen LogP contribution < -0.4 is 10.1 Å². The molecule has 1 N–H and O–H groups in total. The van der Waals surface area contributed by atoms with Gasteiger partial charge in [-0.1, -0.05) is 22.9 Å². The smallest absolute Gasteiger partial charge is 0.124 e. The Bertz CT molecular complexity index is 386. The van der Waals surface area contributed by atoms with Gasteiger partial charge in [0.2, 0.25) is 0 Å². The predicted molar refractivity (Wildman–Crippen MR) is 78.0 cm³/mol. The summed E-state index contributed by atoms with van der Waals surface area (Å²) < 4.78 is 6.79. The maximum atomic E-state index is 5.68. The van der Waals surface area contributed by atoms with Crippen LogP contribution in [0.5, 0.6) is 5.75 Å². The summed E-state index contributed by atoms with van der Waals surface area (Å²) in [4.78, 5) is 0. The van der Waals surface area contributed by atoms with E-state index in [0.717, 1.165) is 29.8 Å². The first-order valence-electron chi connectivity index (χ1n) is 5.89. The molecule has 1 aromatic rings. The first-order chi connectivity index (χ1) is 8.20. The van der Waals surface area contributed by atoms with Crippen LogP contribution in [0.25, 0.3) is 0 Å². The Labute approximate surface area is 116 Å². The van der Waals surface area contributed by atoms with Gasteiger partial charge in [-0.3, -0.25) is 0 Å². The third kappa shape index (κ3) is 3.39. The Morgan fingerprint density at radius 1 is 1.59 bits per heavy atom. The standard InChI is InChI=1S/C13H18BrNOS/c1-9(17-2)8-15-12-5-6-16-13-4-3-10(14)7-11(12)13/h3-4,7,9,12,15H,5-6,8H2,1-2H3. The molecular formula is C13H18BrNOS. The van der Waals surface area contributed by atoms with E-state index >= 15 is 0 Å². The van der Waals surface area contributed by atoms with E-state index in [2.05, 4.69) is 40.5 Å². The molecule has 17 heavy (non-hydrogen) atoms. The minimum Gasteiger partial charge on any atom is -0.493 e. The minimum atomic E-state index is 0.422. The number of halogens is 1. The van der Waals surface area contributed by atoms with E-state index in [1.165, 1.54) is 5.56 Å². The molecule has 1 aliphatic rings. The second-order valence-corrected chi connectivity index (χ2v) is 6.52. The number of hydrogen-bond acceptors (Lipinski definition) is 3. The molecule has 2 nitrogen and oxygen atoms in total. The van der Waals surface area contributed by atoms with Crippen molar-refractivity contribution in [3.05, 3.63) is 28.2 Å². The van der Waals surface area contributed by atoms with Crippen molar-refractivity contribution >= 4 is 27.7 Å². The van der Waals surface area contributed by atoms with Gasteiger partial charge < -0.3 is 10.1 Å². The van der Waals surface area contributed by atoms with Gasteiger partial charge in [-0.25, -0.2) is 0 Å². The summed E-state index contributed by atoms with van der Waals surface area (Å²) in [7, 11) is 0. The second kappa shape index (κ2) is 6.12. The molecule has 0 saturated carbocycles. The number of thioether (sulfide) groups is 1. The van der Waals surface area contributed by atoms with Crippen LogP contribution in [0.15, 0.2) is 22.7 Å². The molecule has 1 aliphatic heterocycles. The normalized spacial score (nSPS) is 20.5. The van der Waals surface area contributed by atoms with Gasteiger partial charge >= 0.3 is 0 Å². The Morgan fingerprint density at radius 3 is 3.18 bits per heavy atom. The molecule has 0 aliphatic carbocycles. The summed E-state index contributed by atoms with van der Waals surface area (Å²) in [5.41, 5.74) is 1.28. The van der Waals surface area contributed by atoms with Crippen LogP contribution in [0.3, 0.4) is 0 Å². The number of fused-ring (bicyclic) bond motifs is 1. The lowest BCUT2D eigenvalue weighted by Gasteiger charge is -2.28. The highest BCUT2D eigenvalue weighted by molar-refractivity contribution is 9.10. The lowest BCUT2D eigenvalue weighted by molar-refractivity contribution is 0.253. The Hall–Kier alpha value is -0.190. The van der Waals surface area contributed by atoms with E-state index in [1.807, 2.05) is 23.9 Å². The molecule has 0 aromatic heterocycles. The molecule has 2 unspecified atom stereocenters. The molecule has 4 heteroatoms. The number of benzene rings is 1. The van der Waals surface area contributed by atoms with Gasteiger partial charge in [-0.15, -0.1) is 0 Å². The molecule has 0 fully saturated rings. The lowest BCUT2D eigenvalue weighted by Crippen LogP contribution is -2.31. The van der Waals surface area contributed by atoms with Gasteiger partial charge in [-0.05, 0) is 24.5 Å². The largest absolute Gasteiger partial charge is 0.493 e. The zero-order valence-corrected chi connectivity index (χ0v) is 12.6. The van der Waals surface area contributed by atoms with Crippen molar-refractivity contribution in [2.45, 2.75) is 24.6 Å². The molecule has 2 atom stereocenters. The highest BCUT2D eigenvalue weighted by Crippen LogP contribution is 2.34. The zero-order valence-electron chi connectivity index (χ0n) is 10.2. The van der Waals surface area contributed by atoms with Crippen LogP contribution in [-0.4, -0.2) is 24.7 Å². The fourth-order valence-corrected chi connectivity index (χ4v) is 2.61. The number of rotatable bonds is 4. The topological polar surface area (TPSA) is 21.3 Å². The second-order valence-electron chi connectivity index (χ2n) is 4.33. The minimum absolute atomic E-state index is 0.422. The molecule has 0 saturated heterocycles. The molecule has 0 spiro atoms. The summed E-state index contributed by atoms with van der Waals surface area (Å²) in [6, 6.07) is 6.67. The summed E-state index contributed by atoms with van der Waals surface area (Å²) in [6.07, 6.45) is 3.20. The van der Waals surface area contributed by atoms with Gasteiger partial charge in [-0.2, -0.15) is 11.8 Å². The monoisotopic (exact) mass is 315 g/mol. The van der Waals surface area contributed by atoms with Gasteiger partial charge in [0.15, 0.2) is 0 Å². The average molecular weight is 316 g/mol. The summed E-state index contributed by atoms with van der Waals surface area (Å²) in [5, 5.41) is 4.28. The van der Waals surface area contributed by atoms with E-state index in [9.17, 15) is 0 Å². The van der Waals surface area contributed by atoms with E-state index < -0.39 is 0 Å². The van der Waals surface area contributed by atoms with E-state index in [-0.39, 0.29) is 0 Å². The molecule has 2 rings (SSSR count). The van der Waals surface area contributed by atoms with E-state index in [0.29, 0.717) is 11.3 Å². The maximum Gasteiger partial charge on any atom is 0.124 e. The third-order valence-corrected chi connectivity index (χ3v) is 4.53. The molecular weight excluding hydrogens is 298 g/mol. The van der Waals surface area contributed by atoms with Crippen molar-refractivity contribution in [2.75, 3.05) is 19.4 Å². The van der Waals surface area contributed by atoms with Gasteiger partial charge in [0.05, 0.1) is 6.61 Å². The van der Waals surface area contributed by atoms with Crippen molar-refractivity contribution in [3.8, 4) is 5.75 Å². The van der Waals surface area contributed by atoms with Gasteiger partial charge in [0.25, 0.3) is 0 Å². The molecule has 1 heterocycles. The Kier molecular flexibility index (Phi) is 4.77. The fourth-order valence-electron chi connectivity index (χ4n) is 1.97. The predicted octanol–water partition coefficient (Wildman–Crippen LogP) is 3.61. The van der Waals surface area contributed by atoms with Crippen LogP contribution >= 0.6 is 27.7 Å². The Morgan fingerprint density at radius 2 is 2.41 bits per heavy atom. The summed E-state index contributed by atoms with van der Waals surface area (Å²) in [5.74, 6) is 1.02. The van der Waals surface area contributed by atoms with Crippen LogP contribution in [-0.2, 0) is 0 Å². The van der Waals surface area contributed by atoms with Crippen molar-refractivity contribution < 1.29 is 4.74 Å². The molecule has 0 amide bonds. The van der Waals surface area contributed by atoms with Gasteiger partial charge in [0.1, 0.15) is 5.75 Å². The van der Waals surface area contributed by atoms with Gasteiger partial charge in [0, 0.05) is 34.3 Å². The van der Waals surface area contributed by atoms with Crippen molar-refractivity contribution in [3.63, 3.8) is 0 Å². The quantitative estimate of drug-likeness (QED) is 0.917. The van der Waals surface area contributed by atoms with Crippen molar-refractivity contribution in [1.82, 2.24) is 5.32 Å². The van der Waals surface area contributed by atoms with Crippen molar-refractivity contribution in [2.24, 2.45) is 0 Å². The molecule has 0 bridgehead atoms. The fraction of sp³-hybridized carbons (Fsp3) is 0.538. The summed E-state index contributed by atoms with van der Waals surface area (Å²) in [6.45, 7) is 4.09. The number of nitrogens with one attached hydrogen (secondary N) is 1. The Balaban J connectivity index is 2.08. The first kappa shape index (κ1) is 13.2. The number of hydrogen-bond donors (Lipinski definition) is 1. The highest BCUT2D eigenvalue weighted by Gasteiger charge is 2.21. The lowest BCUT2D eigenvalue weighted by atomic mass is 10.0. The van der Waals surface area contributed by atoms with Crippen LogP contribution in [0, 0.1) is 0 Å². The van der Waals surface area contributed by atoms with E-state index in [4.69, 9.17) is 4.74 Å². The van der Waals surface area contributed by atoms with Crippen LogP contribution in [0.1, 0.15) is 24.9 Å². The van der Waals surface area contributed by atoms with Crippen LogP contribution in [0.4, 0.5) is 0 Å². The zero-order chi connectivity index (χ0) is 12.3. The van der Waals surface area contributed by atoms with Crippen LogP contribution in [0.2, 0.25) is 0 Å². The first-order valence-corrected chi connectivity index (χ1v) is 7.97. The molecule has 0 radical (unpaired) electrons.